The Bertz CT molecular complexity index is 1150. The number of ether oxygens (including phenoxy) is 1. The third kappa shape index (κ3) is 3.41. The molecule has 3 aromatic rings. The van der Waals surface area contributed by atoms with Crippen molar-refractivity contribution >= 4 is 21.7 Å². The third-order valence-electron chi connectivity index (χ3n) is 4.90. The lowest BCUT2D eigenvalue weighted by Gasteiger charge is -2.17. The van der Waals surface area contributed by atoms with E-state index in [9.17, 15) is 8.42 Å². The maximum absolute atomic E-state index is 12.4. The Hall–Kier alpha value is -2.34. The number of aryl methyl sites for hydroxylation is 1. The molecule has 1 atom stereocenters. The summed E-state index contributed by atoms with van der Waals surface area (Å²) in [7, 11) is -2.67. The summed E-state index contributed by atoms with van der Waals surface area (Å²) in [5.74, 6) is 0.761. The summed E-state index contributed by atoms with van der Waals surface area (Å²) in [6.07, 6.45) is 0.176. The highest BCUT2D eigenvalue weighted by Gasteiger charge is 2.31. The molecular weight excluding hydrogens is 396 g/mol. The van der Waals surface area contributed by atoms with Crippen LogP contribution in [0.1, 0.15) is 22.8 Å². The summed E-state index contributed by atoms with van der Waals surface area (Å²) in [4.78, 5) is 0.141. The van der Waals surface area contributed by atoms with Crippen molar-refractivity contribution in [2.45, 2.75) is 24.3 Å². The van der Waals surface area contributed by atoms with Gasteiger partial charge < -0.3 is 4.74 Å². The van der Waals surface area contributed by atoms with Gasteiger partial charge in [-0.3, -0.25) is 4.18 Å². The Morgan fingerprint density at radius 3 is 2.61 bits per heavy atom. The van der Waals surface area contributed by atoms with Crippen molar-refractivity contribution in [2.24, 2.45) is 0 Å². The lowest BCUT2D eigenvalue weighted by molar-refractivity contribution is 0.235. The minimum Gasteiger partial charge on any atom is -0.484 e. The first kappa shape index (κ1) is 19.0. The van der Waals surface area contributed by atoms with Crippen LogP contribution in [-0.2, 0) is 20.7 Å². The zero-order valence-corrected chi connectivity index (χ0v) is 17.0. The van der Waals surface area contributed by atoms with E-state index in [-0.39, 0.29) is 4.90 Å². The number of hydrogen-bond acceptors (Lipinski definition) is 4. The highest BCUT2D eigenvalue weighted by Crippen LogP contribution is 2.44. The quantitative estimate of drug-likeness (QED) is 0.541. The van der Waals surface area contributed by atoms with Crippen LogP contribution in [0.4, 0.5) is 0 Å². The number of fused-ring (bicyclic) bond motifs is 1. The summed E-state index contributed by atoms with van der Waals surface area (Å²) in [6, 6.07) is 18.7. The highest BCUT2D eigenvalue weighted by atomic mass is 35.5. The molecule has 4 rings (SSSR count). The molecule has 144 valence electrons. The van der Waals surface area contributed by atoms with Crippen molar-refractivity contribution in [1.29, 1.82) is 0 Å². The van der Waals surface area contributed by atoms with Crippen molar-refractivity contribution in [2.75, 3.05) is 7.11 Å². The van der Waals surface area contributed by atoms with Gasteiger partial charge in [0.15, 0.2) is 0 Å². The van der Waals surface area contributed by atoms with Gasteiger partial charge in [-0.1, -0.05) is 59.6 Å². The van der Waals surface area contributed by atoms with E-state index in [0.717, 1.165) is 28.0 Å². The van der Waals surface area contributed by atoms with Gasteiger partial charge in [0.2, 0.25) is 0 Å². The average molecular weight is 415 g/mol. The molecule has 0 bridgehead atoms. The van der Waals surface area contributed by atoms with Crippen LogP contribution in [-0.4, -0.2) is 15.5 Å². The molecule has 1 aliphatic rings. The first-order valence-electron chi connectivity index (χ1n) is 8.85. The zero-order chi connectivity index (χ0) is 19.9. The smallest absolute Gasteiger partial charge is 0.297 e. The van der Waals surface area contributed by atoms with Gasteiger partial charge in [-0.2, -0.15) is 8.42 Å². The van der Waals surface area contributed by atoms with Crippen molar-refractivity contribution in [1.82, 2.24) is 0 Å². The van der Waals surface area contributed by atoms with Crippen molar-refractivity contribution < 1.29 is 17.3 Å². The van der Waals surface area contributed by atoms with Crippen molar-refractivity contribution in [3.05, 3.63) is 82.4 Å². The predicted octanol–water partition coefficient (Wildman–Crippen LogP) is 5.33. The number of para-hydroxylation sites is 1. The van der Waals surface area contributed by atoms with Gasteiger partial charge in [0.25, 0.3) is 10.1 Å². The van der Waals surface area contributed by atoms with E-state index in [4.69, 9.17) is 20.5 Å². The Balaban J connectivity index is 1.78. The molecule has 0 aliphatic carbocycles. The van der Waals surface area contributed by atoms with Gasteiger partial charge in [-0.05, 0) is 36.2 Å². The first-order chi connectivity index (χ1) is 13.4. The summed E-state index contributed by atoms with van der Waals surface area (Å²) in [5.41, 5.74) is 4.49. The lowest BCUT2D eigenvalue weighted by Crippen LogP contribution is -2.12. The molecule has 0 radical (unpaired) electrons. The van der Waals surface area contributed by atoms with E-state index >= 15 is 0 Å². The zero-order valence-electron chi connectivity index (χ0n) is 15.5. The van der Waals surface area contributed by atoms with Gasteiger partial charge in [0.1, 0.15) is 16.7 Å². The lowest BCUT2D eigenvalue weighted by atomic mass is 9.99. The standard InChI is InChI=1S/C22H19ClO4S/c1-14-9-10-21(28(24,25)26-2)19(11-14)20-13-16-6-4-8-18(22(16)27-20)15-5-3-7-17(23)12-15/h3-12,20H,13H2,1-2H3. The second-order valence-electron chi connectivity index (χ2n) is 6.78. The number of hydrogen-bond donors (Lipinski definition) is 0. The number of halogens is 1. The van der Waals surface area contributed by atoms with E-state index in [2.05, 4.69) is 0 Å². The second-order valence-corrected chi connectivity index (χ2v) is 8.89. The van der Waals surface area contributed by atoms with E-state index in [1.54, 1.807) is 12.1 Å². The minimum atomic E-state index is -3.84. The molecule has 0 aromatic heterocycles. The van der Waals surface area contributed by atoms with Crippen LogP contribution in [0.5, 0.6) is 5.75 Å². The Morgan fingerprint density at radius 2 is 1.86 bits per heavy atom. The molecule has 1 unspecified atom stereocenters. The maximum Gasteiger partial charge on any atom is 0.297 e. The molecule has 0 spiro atoms. The van der Waals surface area contributed by atoms with Gasteiger partial charge in [-0.15, -0.1) is 0 Å². The summed E-state index contributed by atoms with van der Waals surface area (Å²) in [5, 5.41) is 0.650. The van der Waals surface area contributed by atoms with E-state index < -0.39 is 16.2 Å². The summed E-state index contributed by atoms with van der Waals surface area (Å²) < 4.78 is 35.8. The van der Waals surface area contributed by atoms with Crippen LogP contribution in [0.25, 0.3) is 11.1 Å². The number of rotatable bonds is 4. The van der Waals surface area contributed by atoms with Gasteiger partial charge in [0, 0.05) is 22.6 Å². The van der Waals surface area contributed by atoms with Crippen LogP contribution in [0.15, 0.2) is 65.6 Å². The molecule has 0 fully saturated rings. The van der Waals surface area contributed by atoms with E-state index in [1.165, 1.54) is 7.11 Å². The second kappa shape index (κ2) is 7.24. The molecule has 6 heteroatoms. The molecule has 1 heterocycles. The Kier molecular flexibility index (Phi) is 4.91. The number of benzene rings is 3. The highest BCUT2D eigenvalue weighted by molar-refractivity contribution is 7.86. The molecule has 3 aromatic carbocycles. The molecule has 28 heavy (non-hydrogen) atoms. The van der Waals surface area contributed by atoms with Gasteiger partial charge >= 0.3 is 0 Å². The van der Waals surface area contributed by atoms with E-state index in [0.29, 0.717) is 17.0 Å². The molecule has 0 saturated carbocycles. The average Bonchev–Trinajstić information content (AvgIpc) is 3.12. The van der Waals surface area contributed by atoms with E-state index in [1.807, 2.05) is 55.5 Å². The minimum absolute atomic E-state index is 0.141. The fourth-order valence-electron chi connectivity index (χ4n) is 3.56. The fraction of sp³-hybridized carbons (Fsp3) is 0.182. The maximum atomic E-state index is 12.4. The largest absolute Gasteiger partial charge is 0.484 e. The van der Waals surface area contributed by atoms with Crippen LogP contribution < -0.4 is 4.74 Å². The predicted molar refractivity (Wildman–Crippen MR) is 109 cm³/mol. The molecule has 4 nitrogen and oxygen atoms in total. The van der Waals surface area contributed by atoms with Crippen molar-refractivity contribution in [3.8, 4) is 16.9 Å². The topological polar surface area (TPSA) is 52.6 Å². The van der Waals surface area contributed by atoms with Crippen LogP contribution in [0, 0.1) is 6.92 Å². The van der Waals surface area contributed by atoms with Gasteiger partial charge in [0.05, 0.1) is 7.11 Å². The van der Waals surface area contributed by atoms with Crippen LogP contribution >= 0.6 is 11.6 Å². The third-order valence-corrected chi connectivity index (χ3v) is 6.48. The first-order valence-corrected chi connectivity index (χ1v) is 10.6. The molecule has 0 N–H and O–H groups in total. The normalized spacial score (nSPS) is 15.9. The van der Waals surface area contributed by atoms with Crippen molar-refractivity contribution in [3.63, 3.8) is 0 Å². The summed E-state index contributed by atoms with van der Waals surface area (Å²) in [6.45, 7) is 1.92. The molecule has 0 saturated heterocycles. The fourth-order valence-corrected chi connectivity index (χ4v) is 4.65. The SMILES string of the molecule is COS(=O)(=O)c1ccc(C)cc1C1Cc2cccc(-c3cccc(Cl)c3)c2O1. The molecule has 0 amide bonds. The molecular formula is C22H19ClO4S. The van der Waals surface area contributed by atoms with Gasteiger partial charge in [-0.25, -0.2) is 0 Å². The van der Waals surface area contributed by atoms with Crippen LogP contribution in [0.3, 0.4) is 0 Å². The Morgan fingerprint density at radius 1 is 1.07 bits per heavy atom. The Labute approximate surface area is 169 Å². The van der Waals surface area contributed by atoms with Crippen LogP contribution in [0.2, 0.25) is 5.02 Å². The summed E-state index contributed by atoms with van der Waals surface area (Å²) >= 11 is 6.15. The molecule has 1 aliphatic heterocycles. The monoisotopic (exact) mass is 414 g/mol.